The van der Waals surface area contributed by atoms with Crippen LogP contribution in [0.1, 0.15) is 12.1 Å². The van der Waals surface area contributed by atoms with Crippen LogP contribution in [0.15, 0.2) is 29.8 Å². The van der Waals surface area contributed by atoms with Crippen LogP contribution in [0.3, 0.4) is 0 Å². The van der Waals surface area contributed by atoms with Crippen molar-refractivity contribution < 1.29 is 9.47 Å². The molecule has 0 radical (unpaired) electrons. The average molecular weight is 286 g/mol. The van der Waals surface area contributed by atoms with Crippen LogP contribution in [0.25, 0.3) is 16.2 Å². The minimum absolute atomic E-state index is 0.702. The number of hydrogen-bond donors (Lipinski definition) is 0. The molecule has 2 aromatic heterocycles. The van der Waals surface area contributed by atoms with E-state index < -0.39 is 0 Å². The van der Waals surface area contributed by atoms with Crippen LogP contribution >= 0.6 is 11.3 Å². The second-order valence-corrected chi connectivity index (χ2v) is 5.70. The Bertz CT molecular complexity index is 775. The molecule has 20 heavy (non-hydrogen) atoms. The summed E-state index contributed by atoms with van der Waals surface area (Å²) in [6.45, 7) is 3.50. The molecule has 0 fully saturated rings. The van der Waals surface area contributed by atoms with Crippen molar-refractivity contribution in [3.05, 3.63) is 35.5 Å². The molecule has 0 bridgehead atoms. The molecule has 0 N–H and O–H groups in total. The summed E-state index contributed by atoms with van der Waals surface area (Å²) in [5.41, 5.74) is 3.23. The third kappa shape index (κ3) is 1.86. The van der Waals surface area contributed by atoms with E-state index in [1.54, 1.807) is 11.3 Å². The van der Waals surface area contributed by atoms with E-state index in [4.69, 9.17) is 9.47 Å². The van der Waals surface area contributed by atoms with E-state index in [0.717, 1.165) is 34.1 Å². The third-order valence-electron chi connectivity index (χ3n) is 3.43. The Balaban J connectivity index is 1.79. The zero-order valence-corrected chi connectivity index (χ0v) is 11.9. The second kappa shape index (κ2) is 4.52. The van der Waals surface area contributed by atoms with Gasteiger partial charge in [0.2, 0.25) is 0 Å². The van der Waals surface area contributed by atoms with Gasteiger partial charge in [-0.3, -0.25) is 4.40 Å². The lowest BCUT2D eigenvalue weighted by Gasteiger charge is -2.08. The number of aryl methyl sites for hydroxylation is 1. The topological polar surface area (TPSA) is 35.8 Å². The van der Waals surface area contributed by atoms with Crippen LogP contribution in [0, 0.1) is 6.92 Å². The van der Waals surface area contributed by atoms with E-state index in [0.29, 0.717) is 13.2 Å². The molecule has 102 valence electrons. The van der Waals surface area contributed by atoms with Gasteiger partial charge < -0.3 is 9.47 Å². The minimum atomic E-state index is 0.702. The lowest BCUT2D eigenvalue weighted by molar-refractivity contribution is 0.297. The maximum Gasteiger partial charge on any atom is 0.194 e. The van der Waals surface area contributed by atoms with Crippen LogP contribution in [0.5, 0.6) is 11.5 Å². The average Bonchev–Trinajstić information content (AvgIpc) is 2.93. The molecule has 1 aliphatic rings. The number of imidazole rings is 1. The summed E-state index contributed by atoms with van der Waals surface area (Å²) in [5, 5.41) is 2.11. The fourth-order valence-electron chi connectivity index (χ4n) is 2.36. The molecule has 0 amide bonds. The van der Waals surface area contributed by atoms with Crippen LogP contribution in [-0.2, 0) is 0 Å². The summed E-state index contributed by atoms with van der Waals surface area (Å²) >= 11 is 1.66. The quantitative estimate of drug-likeness (QED) is 0.686. The second-order valence-electron chi connectivity index (χ2n) is 4.87. The molecule has 0 aliphatic carbocycles. The van der Waals surface area contributed by atoms with Crippen LogP contribution in [0.4, 0.5) is 0 Å². The van der Waals surface area contributed by atoms with Crippen molar-refractivity contribution in [1.82, 2.24) is 9.38 Å². The van der Waals surface area contributed by atoms with E-state index in [1.807, 2.05) is 18.2 Å². The number of aromatic nitrogens is 2. The van der Waals surface area contributed by atoms with Gasteiger partial charge in [0, 0.05) is 29.3 Å². The largest absolute Gasteiger partial charge is 0.490 e. The van der Waals surface area contributed by atoms with Crippen molar-refractivity contribution in [2.24, 2.45) is 0 Å². The molecule has 1 aromatic carbocycles. The zero-order chi connectivity index (χ0) is 13.5. The third-order valence-corrected chi connectivity index (χ3v) is 4.39. The predicted molar refractivity (Wildman–Crippen MR) is 78.8 cm³/mol. The number of benzene rings is 1. The van der Waals surface area contributed by atoms with Gasteiger partial charge in [0.05, 0.1) is 18.9 Å². The SMILES string of the molecule is Cc1csc2nc(-c3ccc4c(c3)OCCCO4)cn12. The fourth-order valence-corrected chi connectivity index (χ4v) is 3.21. The molecule has 3 heterocycles. The molecule has 4 nitrogen and oxygen atoms in total. The molecular weight excluding hydrogens is 272 g/mol. The normalized spacial score (nSPS) is 14.4. The Hall–Kier alpha value is -2.01. The van der Waals surface area contributed by atoms with Crippen molar-refractivity contribution in [3.63, 3.8) is 0 Å². The number of hydrogen-bond acceptors (Lipinski definition) is 4. The first kappa shape index (κ1) is 11.8. The molecule has 5 heteroatoms. The van der Waals surface area contributed by atoms with Gasteiger partial charge in [0.25, 0.3) is 0 Å². The van der Waals surface area contributed by atoms with Crippen LogP contribution in [0.2, 0.25) is 0 Å². The zero-order valence-electron chi connectivity index (χ0n) is 11.1. The summed E-state index contributed by atoms with van der Waals surface area (Å²) in [7, 11) is 0. The Morgan fingerprint density at radius 2 is 2.05 bits per heavy atom. The van der Waals surface area contributed by atoms with Gasteiger partial charge in [-0.25, -0.2) is 4.98 Å². The Morgan fingerprint density at radius 1 is 1.20 bits per heavy atom. The predicted octanol–water partition coefficient (Wildman–Crippen LogP) is 3.53. The maximum absolute atomic E-state index is 5.73. The van der Waals surface area contributed by atoms with E-state index >= 15 is 0 Å². The van der Waals surface area contributed by atoms with E-state index in [2.05, 4.69) is 27.9 Å². The first-order valence-electron chi connectivity index (χ1n) is 6.64. The summed E-state index contributed by atoms with van der Waals surface area (Å²) in [5.74, 6) is 1.64. The van der Waals surface area contributed by atoms with Gasteiger partial charge in [0.15, 0.2) is 16.5 Å². The molecule has 0 spiro atoms. The van der Waals surface area contributed by atoms with Crippen LogP contribution < -0.4 is 9.47 Å². The number of thiazole rings is 1. The highest BCUT2D eigenvalue weighted by molar-refractivity contribution is 7.15. The first-order valence-corrected chi connectivity index (χ1v) is 7.52. The van der Waals surface area contributed by atoms with Gasteiger partial charge in [-0.05, 0) is 25.1 Å². The van der Waals surface area contributed by atoms with E-state index in [9.17, 15) is 0 Å². The minimum Gasteiger partial charge on any atom is -0.490 e. The van der Waals surface area contributed by atoms with Crippen molar-refractivity contribution in [2.45, 2.75) is 13.3 Å². The van der Waals surface area contributed by atoms with Gasteiger partial charge in [0.1, 0.15) is 0 Å². The van der Waals surface area contributed by atoms with Gasteiger partial charge in [-0.1, -0.05) is 0 Å². The summed E-state index contributed by atoms with van der Waals surface area (Å²) in [4.78, 5) is 5.68. The number of ether oxygens (including phenoxy) is 2. The number of nitrogens with zero attached hydrogens (tertiary/aromatic N) is 2. The lowest BCUT2D eigenvalue weighted by Crippen LogP contribution is -1.97. The molecular formula is C15H14N2O2S. The molecule has 3 aromatic rings. The highest BCUT2D eigenvalue weighted by Gasteiger charge is 2.13. The standard InChI is InChI=1S/C15H14N2O2S/c1-10-9-20-15-16-12(8-17(10)15)11-3-4-13-14(7-11)19-6-2-5-18-13/h3-4,7-9H,2,5-6H2,1H3. The molecule has 1 aliphatic heterocycles. The number of rotatable bonds is 1. The highest BCUT2D eigenvalue weighted by Crippen LogP contribution is 2.34. The maximum atomic E-state index is 5.73. The Kier molecular flexibility index (Phi) is 2.67. The lowest BCUT2D eigenvalue weighted by atomic mass is 10.1. The van der Waals surface area contributed by atoms with Crippen molar-refractivity contribution in [1.29, 1.82) is 0 Å². The van der Waals surface area contributed by atoms with E-state index in [-0.39, 0.29) is 0 Å². The van der Waals surface area contributed by atoms with Gasteiger partial charge in [-0.2, -0.15) is 0 Å². The summed E-state index contributed by atoms with van der Waals surface area (Å²) in [6, 6.07) is 6.02. The molecule has 4 rings (SSSR count). The molecule has 0 unspecified atom stereocenters. The van der Waals surface area contributed by atoms with Crippen molar-refractivity contribution in [3.8, 4) is 22.8 Å². The fraction of sp³-hybridized carbons (Fsp3) is 0.267. The first-order chi connectivity index (χ1) is 9.81. The monoisotopic (exact) mass is 286 g/mol. The Labute approximate surface area is 120 Å². The van der Waals surface area contributed by atoms with Crippen LogP contribution in [-0.4, -0.2) is 22.6 Å². The number of fused-ring (bicyclic) bond motifs is 2. The Morgan fingerprint density at radius 3 is 2.90 bits per heavy atom. The molecule has 0 saturated carbocycles. The smallest absolute Gasteiger partial charge is 0.194 e. The summed E-state index contributed by atoms with van der Waals surface area (Å²) < 4.78 is 13.5. The van der Waals surface area contributed by atoms with E-state index in [1.165, 1.54) is 5.69 Å². The summed E-state index contributed by atoms with van der Waals surface area (Å²) in [6.07, 6.45) is 2.99. The highest BCUT2D eigenvalue weighted by atomic mass is 32.1. The van der Waals surface area contributed by atoms with Crippen molar-refractivity contribution in [2.75, 3.05) is 13.2 Å². The van der Waals surface area contributed by atoms with Crippen molar-refractivity contribution >= 4 is 16.3 Å². The van der Waals surface area contributed by atoms with Gasteiger partial charge in [-0.15, -0.1) is 11.3 Å². The molecule has 0 saturated heterocycles. The molecule has 0 atom stereocenters. The van der Waals surface area contributed by atoms with Gasteiger partial charge >= 0.3 is 0 Å².